The monoisotopic (exact) mass is 361 g/mol. The van der Waals surface area contributed by atoms with Crippen LogP contribution in [0.3, 0.4) is 0 Å². The molecular weight excluding hydrogens is 337 g/mol. The molecule has 1 saturated heterocycles. The molecule has 6 heteroatoms. The van der Waals surface area contributed by atoms with Crippen molar-refractivity contribution in [2.75, 3.05) is 32.8 Å². The van der Waals surface area contributed by atoms with Gasteiger partial charge < -0.3 is 14.4 Å². The molecule has 1 fully saturated rings. The highest BCUT2D eigenvalue weighted by Crippen LogP contribution is 2.23. The average Bonchev–Trinajstić information content (AvgIpc) is 2.54. The van der Waals surface area contributed by atoms with E-state index in [0.29, 0.717) is 18.2 Å². The highest BCUT2D eigenvalue weighted by molar-refractivity contribution is 6.32. The average molecular weight is 362 g/mol. The zero-order valence-corrected chi connectivity index (χ0v) is 15.1. The Kier molecular flexibility index (Phi) is 9.37. The summed E-state index contributed by atoms with van der Waals surface area (Å²) >= 11 is 6.05. The third kappa shape index (κ3) is 6.58. The zero-order chi connectivity index (χ0) is 15.8. The SMILES string of the molecule is CCOC(=O)C1CCCN(CCCOc2ccccc2Cl)C1.Cl. The smallest absolute Gasteiger partial charge is 0.310 e. The number of nitrogens with zero attached hydrogens (tertiary/aromatic N) is 1. The summed E-state index contributed by atoms with van der Waals surface area (Å²) in [7, 11) is 0. The van der Waals surface area contributed by atoms with Gasteiger partial charge in [0.1, 0.15) is 5.75 Å². The van der Waals surface area contributed by atoms with Crippen LogP contribution in [0.15, 0.2) is 24.3 Å². The first-order valence-corrected chi connectivity index (χ1v) is 8.34. The third-order valence-electron chi connectivity index (χ3n) is 3.84. The Hall–Kier alpha value is -0.970. The fourth-order valence-electron chi connectivity index (χ4n) is 2.74. The van der Waals surface area contributed by atoms with Gasteiger partial charge in [-0.3, -0.25) is 4.79 Å². The highest BCUT2D eigenvalue weighted by atomic mass is 35.5. The first-order chi connectivity index (χ1) is 10.7. The number of para-hydroxylation sites is 1. The molecule has 0 N–H and O–H groups in total. The lowest BCUT2D eigenvalue weighted by atomic mass is 9.98. The number of piperidine rings is 1. The van der Waals surface area contributed by atoms with E-state index in [1.165, 1.54) is 0 Å². The van der Waals surface area contributed by atoms with Gasteiger partial charge in [0.15, 0.2) is 0 Å². The lowest BCUT2D eigenvalue weighted by molar-refractivity contribution is -0.149. The van der Waals surface area contributed by atoms with Gasteiger partial charge in [0.25, 0.3) is 0 Å². The number of halogens is 2. The Morgan fingerprint density at radius 2 is 2.17 bits per heavy atom. The van der Waals surface area contributed by atoms with Crippen LogP contribution in [0.2, 0.25) is 5.02 Å². The highest BCUT2D eigenvalue weighted by Gasteiger charge is 2.26. The molecule has 0 spiro atoms. The first kappa shape index (κ1) is 20.1. The minimum Gasteiger partial charge on any atom is -0.492 e. The molecule has 0 saturated carbocycles. The van der Waals surface area contributed by atoms with Crippen LogP contribution in [-0.2, 0) is 9.53 Å². The standard InChI is InChI=1S/C17H24ClNO3.ClH/c1-2-21-17(20)14-7-5-10-19(13-14)11-6-12-22-16-9-4-3-8-15(16)18;/h3-4,8-9,14H,2,5-7,10-13H2,1H3;1H. The molecule has 0 bridgehead atoms. The molecule has 4 nitrogen and oxygen atoms in total. The molecule has 1 unspecified atom stereocenters. The van der Waals surface area contributed by atoms with Gasteiger partial charge in [-0.15, -0.1) is 12.4 Å². The van der Waals surface area contributed by atoms with Crippen molar-refractivity contribution in [3.8, 4) is 5.75 Å². The molecule has 2 rings (SSSR count). The van der Waals surface area contributed by atoms with E-state index in [2.05, 4.69) is 4.90 Å². The van der Waals surface area contributed by atoms with Gasteiger partial charge in [0.2, 0.25) is 0 Å². The molecule has 1 heterocycles. The maximum absolute atomic E-state index is 11.8. The maximum Gasteiger partial charge on any atom is 0.310 e. The van der Waals surface area contributed by atoms with Crippen molar-refractivity contribution in [1.29, 1.82) is 0 Å². The fourth-order valence-corrected chi connectivity index (χ4v) is 2.93. The molecule has 1 aliphatic heterocycles. The number of ether oxygens (including phenoxy) is 2. The largest absolute Gasteiger partial charge is 0.492 e. The second-order valence-corrected chi connectivity index (χ2v) is 5.93. The van der Waals surface area contributed by atoms with Crippen molar-refractivity contribution in [2.24, 2.45) is 5.92 Å². The lowest BCUT2D eigenvalue weighted by Crippen LogP contribution is -2.40. The van der Waals surface area contributed by atoms with Crippen LogP contribution in [0, 0.1) is 5.92 Å². The van der Waals surface area contributed by atoms with E-state index >= 15 is 0 Å². The second-order valence-electron chi connectivity index (χ2n) is 5.52. The van der Waals surface area contributed by atoms with Crippen molar-refractivity contribution in [2.45, 2.75) is 26.2 Å². The third-order valence-corrected chi connectivity index (χ3v) is 4.15. The molecule has 1 aromatic rings. The van der Waals surface area contributed by atoms with E-state index in [1.54, 1.807) is 0 Å². The molecule has 0 radical (unpaired) electrons. The zero-order valence-electron chi connectivity index (χ0n) is 13.5. The summed E-state index contributed by atoms with van der Waals surface area (Å²) in [6, 6.07) is 7.50. The summed E-state index contributed by atoms with van der Waals surface area (Å²) in [5.41, 5.74) is 0. The quantitative estimate of drug-likeness (QED) is 0.546. The van der Waals surface area contributed by atoms with Crippen LogP contribution in [0.1, 0.15) is 26.2 Å². The Bertz CT molecular complexity index is 485. The fraction of sp³-hybridized carbons (Fsp3) is 0.588. The second kappa shape index (κ2) is 10.7. The van der Waals surface area contributed by atoms with Crippen LogP contribution < -0.4 is 4.74 Å². The molecule has 1 atom stereocenters. The molecular formula is C17H25Cl2NO3. The molecule has 23 heavy (non-hydrogen) atoms. The number of esters is 1. The van der Waals surface area contributed by atoms with E-state index in [0.717, 1.165) is 44.6 Å². The summed E-state index contributed by atoms with van der Waals surface area (Å²) in [5.74, 6) is 0.699. The van der Waals surface area contributed by atoms with Crippen molar-refractivity contribution >= 4 is 30.0 Å². The van der Waals surface area contributed by atoms with Gasteiger partial charge in [-0.05, 0) is 44.9 Å². The number of carbonyl (C=O) groups is 1. The van der Waals surface area contributed by atoms with Crippen LogP contribution in [-0.4, -0.2) is 43.7 Å². The van der Waals surface area contributed by atoms with Gasteiger partial charge in [0.05, 0.1) is 24.2 Å². The number of rotatable bonds is 7. The summed E-state index contributed by atoms with van der Waals surface area (Å²) in [6.45, 7) is 5.71. The predicted octanol–water partition coefficient (Wildman–Crippen LogP) is 3.81. The Balaban J connectivity index is 0.00000264. The van der Waals surface area contributed by atoms with Crippen LogP contribution in [0.25, 0.3) is 0 Å². The molecule has 1 aromatic carbocycles. The number of likely N-dealkylation sites (tertiary alicyclic amines) is 1. The number of hydrogen-bond acceptors (Lipinski definition) is 4. The number of carbonyl (C=O) groups excluding carboxylic acids is 1. The first-order valence-electron chi connectivity index (χ1n) is 7.97. The van der Waals surface area contributed by atoms with Crippen molar-refractivity contribution < 1.29 is 14.3 Å². The normalized spacial score (nSPS) is 18.1. The Labute approximate surface area is 149 Å². The Morgan fingerprint density at radius 1 is 1.39 bits per heavy atom. The van der Waals surface area contributed by atoms with E-state index in [-0.39, 0.29) is 24.3 Å². The summed E-state index contributed by atoms with van der Waals surface area (Å²) < 4.78 is 10.8. The molecule has 0 aliphatic carbocycles. The van der Waals surface area contributed by atoms with Gasteiger partial charge in [-0.1, -0.05) is 23.7 Å². The van der Waals surface area contributed by atoms with Crippen LogP contribution >= 0.6 is 24.0 Å². The molecule has 0 amide bonds. The number of hydrogen-bond donors (Lipinski definition) is 0. The van der Waals surface area contributed by atoms with Crippen LogP contribution in [0.5, 0.6) is 5.75 Å². The summed E-state index contributed by atoms with van der Waals surface area (Å²) in [4.78, 5) is 14.1. The number of benzene rings is 1. The van der Waals surface area contributed by atoms with Crippen molar-refractivity contribution in [3.05, 3.63) is 29.3 Å². The minimum atomic E-state index is -0.0560. The summed E-state index contributed by atoms with van der Waals surface area (Å²) in [6.07, 6.45) is 2.90. The van der Waals surface area contributed by atoms with E-state index in [1.807, 2.05) is 31.2 Å². The molecule has 130 valence electrons. The van der Waals surface area contributed by atoms with Gasteiger partial charge >= 0.3 is 5.97 Å². The van der Waals surface area contributed by atoms with E-state index in [9.17, 15) is 4.79 Å². The lowest BCUT2D eigenvalue weighted by Gasteiger charge is -2.31. The van der Waals surface area contributed by atoms with Gasteiger partial charge in [-0.2, -0.15) is 0 Å². The summed E-state index contributed by atoms with van der Waals surface area (Å²) in [5, 5.41) is 0.642. The van der Waals surface area contributed by atoms with Crippen LogP contribution in [0.4, 0.5) is 0 Å². The Morgan fingerprint density at radius 3 is 2.91 bits per heavy atom. The van der Waals surface area contributed by atoms with E-state index in [4.69, 9.17) is 21.1 Å². The maximum atomic E-state index is 11.8. The molecule has 1 aliphatic rings. The van der Waals surface area contributed by atoms with Crippen molar-refractivity contribution in [3.63, 3.8) is 0 Å². The topological polar surface area (TPSA) is 38.8 Å². The molecule has 0 aromatic heterocycles. The van der Waals surface area contributed by atoms with Gasteiger partial charge in [0, 0.05) is 13.1 Å². The predicted molar refractivity (Wildman–Crippen MR) is 94.6 cm³/mol. The minimum absolute atomic E-state index is 0. The van der Waals surface area contributed by atoms with Crippen molar-refractivity contribution in [1.82, 2.24) is 4.90 Å². The van der Waals surface area contributed by atoms with Gasteiger partial charge in [-0.25, -0.2) is 0 Å². The van der Waals surface area contributed by atoms with E-state index < -0.39 is 0 Å².